The molecule has 8 heteroatoms. The third kappa shape index (κ3) is 4.26. The molecule has 2 heterocycles. The van der Waals surface area contributed by atoms with Gasteiger partial charge in [-0.05, 0) is 60.0 Å². The van der Waals surface area contributed by atoms with Gasteiger partial charge < -0.3 is 18.8 Å². The third-order valence-electron chi connectivity index (χ3n) is 6.35. The molecule has 0 N–H and O–H groups in total. The average molecular weight is 488 g/mol. The summed E-state index contributed by atoms with van der Waals surface area (Å²) in [4.78, 5) is 18.3. The molecule has 0 amide bonds. The molecule has 0 spiro atoms. The normalized spacial score (nSPS) is 11.2. The van der Waals surface area contributed by atoms with Crippen LogP contribution in [-0.2, 0) is 19.5 Å². The van der Waals surface area contributed by atoms with Crippen LogP contribution in [0.2, 0.25) is 0 Å². The Balaban J connectivity index is 1.57. The number of rotatable bonds is 8. The second-order valence-electron chi connectivity index (χ2n) is 8.48. The van der Waals surface area contributed by atoms with E-state index in [9.17, 15) is 9.18 Å². The minimum Gasteiger partial charge on any atom is -0.497 e. The van der Waals surface area contributed by atoms with Crippen molar-refractivity contribution in [1.82, 2.24) is 14.1 Å². The standard InChI is InChI=1S/C28H26FN3O4/c1-34-21-6-4-5-19(13-21)16-32-23-9-8-20(29)15-22(23)26-27(32)28(33)31(17-30-26)12-11-18-7-10-24(35-2)25(14-18)36-3/h4-10,13-15,17H,11-12,16H2,1-3H3. The van der Waals surface area contributed by atoms with Crippen molar-refractivity contribution in [3.05, 3.63) is 94.3 Å². The van der Waals surface area contributed by atoms with Gasteiger partial charge >= 0.3 is 0 Å². The van der Waals surface area contributed by atoms with E-state index in [2.05, 4.69) is 4.98 Å². The number of hydrogen-bond donors (Lipinski definition) is 0. The summed E-state index contributed by atoms with van der Waals surface area (Å²) >= 11 is 0. The maximum Gasteiger partial charge on any atom is 0.277 e. The summed E-state index contributed by atoms with van der Waals surface area (Å²) in [5.74, 6) is 1.64. The molecule has 0 unspecified atom stereocenters. The lowest BCUT2D eigenvalue weighted by atomic mass is 10.1. The number of nitrogens with zero attached hydrogens (tertiary/aromatic N) is 3. The monoisotopic (exact) mass is 487 g/mol. The van der Waals surface area contributed by atoms with Gasteiger partial charge in [0.2, 0.25) is 0 Å². The minimum atomic E-state index is -0.373. The summed E-state index contributed by atoms with van der Waals surface area (Å²) < 4.78 is 33.7. The van der Waals surface area contributed by atoms with Gasteiger partial charge in [0, 0.05) is 18.5 Å². The van der Waals surface area contributed by atoms with E-state index in [0.29, 0.717) is 47.4 Å². The number of ether oxygens (including phenoxy) is 3. The van der Waals surface area contributed by atoms with Crippen LogP contribution in [0, 0.1) is 5.82 Å². The van der Waals surface area contributed by atoms with Crippen LogP contribution in [0.5, 0.6) is 17.2 Å². The van der Waals surface area contributed by atoms with Gasteiger partial charge in [0.25, 0.3) is 5.56 Å². The number of methoxy groups -OCH3 is 3. The van der Waals surface area contributed by atoms with Crippen LogP contribution in [0.3, 0.4) is 0 Å². The number of halogens is 1. The summed E-state index contributed by atoms with van der Waals surface area (Å²) in [5, 5.41) is 0.608. The van der Waals surface area contributed by atoms with Crippen molar-refractivity contribution in [2.45, 2.75) is 19.5 Å². The first kappa shape index (κ1) is 23.4. The lowest BCUT2D eigenvalue weighted by molar-refractivity contribution is 0.354. The van der Waals surface area contributed by atoms with E-state index in [1.807, 2.05) is 47.0 Å². The lowest BCUT2D eigenvalue weighted by Crippen LogP contribution is -2.23. The maximum atomic E-state index is 14.1. The van der Waals surface area contributed by atoms with Crippen LogP contribution in [0.4, 0.5) is 4.39 Å². The van der Waals surface area contributed by atoms with Crippen LogP contribution >= 0.6 is 0 Å². The number of benzene rings is 3. The highest BCUT2D eigenvalue weighted by Gasteiger charge is 2.18. The van der Waals surface area contributed by atoms with Crippen LogP contribution in [0.25, 0.3) is 21.9 Å². The van der Waals surface area contributed by atoms with Crippen molar-refractivity contribution >= 4 is 21.9 Å². The molecule has 5 aromatic rings. The Bertz CT molecular complexity index is 1620. The van der Waals surface area contributed by atoms with Gasteiger partial charge in [-0.2, -0.15) is 0 Å². The number of aromatic nitrogens is 3. The third-order valence-corrected chi connectivity index (χ3v) is 6.35. The molecule has 0 saturated heterocycles. The second kappa shape index (κ2) is 9.73. The molecule has 0 aliphatic carbocycles. The van der Waals surface area contributed by atoms with E-state index in [1.165, 1.54) is 18.5 Å². The zero-order chi connectivity index (χ0) is 25.2. The van der Waals surface area contributed by atoms with Crippen molar-refractivity contribution in [2.24, 2.45) is 0 Å². The van der Waals surface area contributed by atoms with Gasteiger partial charge in [0.05, 0.1) is 33.2 Å². The molecule has 0 atom stereocenters. The lowest BCUT2D eigenvalue weighted by Gasteiger charge is -2.11. The number of aryl methyl sites for hydroxylation is 2. The summed E-state index contributed by atoms with van der Waals surface area (Å²) in [6.45, 7) is 0.839. The minimum absolute atomic E-state index is 0.181. The fourth-order valence-electron chi connectivity index (χ4n) is 4.54. The van der Waals surface area contributed by atoms with Crippen molar-refractivity contribution in [1.29, 1.82) is 0 Å². The molecule has 3 aromatic carbocycles. The maximum absolute atomic E-state index is 14.1. The van der Waals surface area contributed by atoms with Gasteiger partial charge in [0.15, 0.2) is 11.5 Å². The van der Waals surface area contributed by atoms with Crippen LogP contribution in [0.15, 0.2) is 71.8 Å². The molecule has 0 radical (unpaired) electrons. The molecule has 0 fully saturated rings. The van der Waals surface area contributed by atoms with Gasteiger partial charge in [0.1, 0.15) is 22.6 Å². The molecule has 0 saturated carbocycles. The number of fused-ring (bicyclic) bond motifs is 3. The Morgan fingerprint density at radius 3 is 2.50 bits per heavy atom. The molecule has 0 bridgehead atoms. The van der Waals surface area contributed by atoms with Crippen molar-refractivity contribution in [2.75, 3.05) is 21.3 Å². The largest absolute Gasteiger partial charge is 0.497 e. The zero-order valence-electron chi connectivity index (χ0n) is 20.3. The molecule has 7 nitrogen and oxygen atoms in total. The van der Waals surface area contributed by atoms with Crippen LogP contribution in [-0.4, -0.2) is 35.4 Å². The first-order valence-corrected chi connectivity index (χ1v) is 11.5. The first-order chi connectivity index (χ1) is 17.5. The smallest absolute Gasteiger partial charge is 0.277 e. The Morgan fingerprint density at radius 1 is 0.889 bits per heavy atom. The Hall–Kier alpha value is -4.33. The Morgan fingerprint density at radius 2 is 1.72 bits per heavy atom. The van der Waals surface area contributed by atoms with Crippen molar-refractivity contribution < 1.29 is 18.6 Å². The molecular weight excluding hydrogens is 461 g/mol. The van der Waals surface area contributed by atoms with Crippen LogP contribution in [0.1, 0.15) is 11.1 Å². The van der Waals surface area contributed by atoms with E-state index in [4.69, 9.17) is 14.2 Å². The highest BCUT2D eigenvalue weighted by atomic mass is 19.1. The molecule has 0 aliphatic rings. The van der Waals surface area contributed by atoms with Crippen molar-refractivity contribution in [3.63, 3.8) is 0 Å². The highest BCUT2D eigenvalue weighted by Crippen LogP contribution is 2.29. The van der Waals surface area contributed by atoms with Gasteiger partial charge in [-0.25, -0.2) is 9.37 Å². The molecule has 5 rings (SSSR count). The molecule has 184 valence electrons. The van der Waals surface area contributed by atoms with E-state index >= 15 is 0 Å². The molecule has 0 aliphatic heterocycles. The Kier molecular flexibility index (Phi) is 6.33. The summed E-state index contributed by atoms with van der Waals surface area (Å²) in [6, 6.07) is 17.9. The Labute approximate surface area is 207 Å². The number of hydrogen-bond acceptors (Lipinski definition) is 5. The fraction of sp³-hybridized carbons (Fsp3) is 0.214. The second-order valence-corrected chi connectivity index (χ2v) is 8.48. The quantitative estimate of drug-likeness (QED) is 0.314. The zero-order valence-corrected chi connectivity index (χ0v) is 20.3. The van der Waals surface area contributed by atoms with E-state index < -0.39 is 0 Å². The molecular formula is C28H26FN3O4. The SMILES string of the molecule is COc1cccc(Cn2c3ccc(F)cc3c3ncn(CCc4ccc(OC)c(OC)c4)c(=O)c32)c1. The topological polar surface area (TPSA) is 67.5 Å². The van der Waals surface area contributed by atoms with Crippen molar-refractivity contribution in [3.8, 4) is 17.2 Å². The summed E-state index contributed by atoms with van der Waals surface area (Å²) in [5.41, 5.74) is 3.45. The predicted molar refractivity (Wildman–Crippen MR) is 137 cm³/mol. The molecule has 36 heavy (non-hydrogen) atoms. The summed E-state index contributed by atoms with van der Waals surface area (Å²) in [6.07, 6.45) is 2.13. The van der Waals surface area contributed by atoms with Gasteiger partial charge in [-0.1, -0.05) is 18.2 Å². The van der Waals surface area contributed by atoms with E-state index in [1.54, 1.807) is 32.0 Å². The average Bonchev–Trinajstić information content (AvgIpc) is 3.21. The van der Waals surface area contributed by atoms with Gasteiger partial charge in [-0.15, -0.1) is 0 Å². The van der Waals surface area contributed by atoms with Gasteiger partial charge in [-0.3, -0.25) is 9.36 Å². The highest BCUT2D eigenvalue weighted by molar-refractivity contribution is 6.05. The van der Waals surface area contributed by atoms with Crippen LogP contribution < -0.4 is 19.8 Å². The summed E-state index contributed by atoms with van der Waals surface area (Å²) in [7, 11) is 4.80. The first-order valence-electron chi connectivity index (χ1n) is 11.5. The fourth-order valence-corrected chi connectivity index (χ4v) is 4.54. The van der Waals surface area contributed by atoms with E-state index in [0.717, 1.165) is 22.4 Å². The predicted octanol–water partition coefficient (Wildman–Crippen LogP) is 4.81. The van der Waals surface area contributed by atoms with E-state index in [-0.39, 0.29) is 11.4 Å². The molecule has 2 aromatic heterocycles.